The molecule has 0 saturated carbocycles. The largest absolute Gasteiger partial charge is 0.462 e. The van der Waals surface area contributed by atoms with Gasteiger partial charge in [0.1, 0.15) is 11.4 Å². The minimum atomic E-state index is -0.827. The number of nitro benzene ring substituents is 1. The quantitative estimate of drug-likeness (QED) is 0.508. The Morgan fingerprint density at radius 1 is 1.20 bits per heavy atom. The third-order valence-corrected chi connectivity index (χ3v) is 3.48. The van der Waals surface area contributed by atoms with Gasteiger partial charge in [0.25, 0.3) is 11.6 Å². The average Bonchev–Trinajstić information content (AvgIpc) is 2.59. The third kappa shape index (κ3) is 3.79. The first-order valence-corrected chi connectivity index (χ1v) is 7.37. The van der Waals surface area contributed by atoms with Crippen LogP contribution in [0.3, 0.4) is 0 Å². The predicted octanol–water partition coefficient (Wildman–Crippen LogP) is 3.47. The lowest BCUT2D eigenvalue weighted by Gasteiger charge is -2.14. The number of hydrogen-bond donors (Lipinski definition) is 1. The van der Waals surface area contributed by atoms with E-state index in [2.05, 4.69) is 5.32 Å². The maximum Gasteiger partial charge on any atom is 0.340 e. The predicted molar refractivity (Wildman–Crippen MR) is 88.1 cm³/mol. The average molecular weight is 346 g/mol. The summed E-state index contributed by atoms with van der Waals surface area (Å²) >= 11 is 0. The van der Waals surface area contributed by atoms with E-state index in [-0.39, 0.29) is 29.0 Å². The molecule has 2 aromatic rings. The topological polar surface area (TPSA) is 98.5 Å². The summed E-state index contributed by atoms with van der Waals surface area (Å²) in [5.41, 5.74) is -0.690. The maximum atomic E-state index is 13.9. The van der Waals surface area contributed by atoms with Gasteiger partial charge in [0.05, 0.1) is 22.8 Å². The zero-order chi connectivity index (χ0) is 18.6. The van der Waals surface area contributed by atoms with Crippen LogP contribution in [0.2, 0.25) is 0 Å². The number of nitrogens with zero attached hydrogens (tertiary/aromatic N) is 1. The van der Waals surface area contributed by atoms with Crippen LogP contribution < -0.4 is 5.32 Å². The van der Waals surface area contributed by atoms with Crippen molar-refractivity contribution in [3.63, 3.8) is 0 Å². The Kier molecular flexibility index (Phi) is 5.43. The fourth-order valence-corrected chi connectivity index (χ4v) is 2.23. The van der Waals surface area contributed by atoms with Gasteiger partial charge in [-0.2, -0.15) is 0 Å². The van der Waals surface area contributed by atoms with E-state index in [1.54, 1.807) is 6.92 Å². The number of amides is 1. The van der Waals surface area contributed by atoms with Crippen molar-refractivity contribution in [2.45, 2.75) is 13.8 Å². The monoisotopic (exact) mass is 346 g/mol. The summed E-state index contributed by atoms with van der Waals surface area (Å²) in [6, 6.07) is 7.61. The van der Waals surface area contributed by atoms with Gasteiger partial charge < -0.3 is 10.1 Å². The van der Waals surface area contributed by atoms with E-state index in [0.717, 1.165) is 6.07 Å². The van der Waals surface area contributed by atoms with Crippen molar-refractivity contribution >= 4 is 23.3 Å². The van der Waals surface area contributed by atoms with Crippen molar-refractivity contribution in [3.05, 3.63) is 69.0 Å². The van der Waals surface area contributed by atoms with Gasteiger partial charge in [0, 0.05) is 11.6 Å². The second kappa shape index (κ2) is 7.52. The van der Waals surface area contributed by atoms with E-state index in [1.807, 2.05) is 0 Å². The van der Waals surface area contributed by atoms with Crippen LogP contribution in [0.1, 0.15) is 33.2 Å². The molecule has 2 rings (SSSR count). The van der Waals surface area contributed by atoms with Crippen LogP contribution in [0.4, 0.5) is 15.8 Å². The molecular weight excluding hydrogens is 331 g/mol. The highest BCUT2D eigenvalue weighted by Crippen LogP contribution is 2.26. The van der Waals surface area contributed by atoms with E-state index in [0.29, 0.717) is 0 Å². The molecule has 7 nitrogen and oxygen atoms in total. The smallest absolute Gasteiger partial charge is 0.340 e. The Hall–Kier alpha value is -3.29. The van der Waals surface area contributed by atoms with E-state index in [1.165, 1.54) is 37.3 Å². The Morgan fingerprint density at radius 3 is 2.52 bits per heavy atom. The lowest BCUT2D eigenvalue weighted by molar-refractivity contribution is -0.385. The number of nitro groups is 1. The second-order valence-corrected chi connectivity index (χ2v) is 5.04. The van der Waals surface area contributed by atoms with Crippen molar-refractivity contribution in [2.75, 3.05) is 11.9 Å². The van der Waals surface area contributed by atoms with Crippen molar-refractivity contribution in [1.82, 2.24) is 0 Å². The molecule has 1 amide bonds. The molecule has 0 aliphatic carbocycles. The first-order chi connectivity index (χ1) is 11.9. The lowest BCUT2D eigenvalue weighted by atomic mass is 10.1. The standard InChI is InChI=1S/C17H15FN2O5/c1-3-25-17(22)12-8-9-13(18)10(2)15(12)19-16(21)11-6-4-5-7-14(11)20(23)24/h4-9H,3H2,1-2H3,(H,19,21). The van der Waals surface area contributed by atoms with Gasteiger partial charge in [0.2, 0.25) is 0 Å². The zero-order valence-corrected chi connectivity index (χ0v) is 13.5. The van der Waals surface area contributed by atoms with Crippen LogP contribution in [0.5, 0.6) is 0 Å². The Morgan fingerprint density at radius 2 is 1.88 bits per heavy atom. The summed E-state index contributed by atoms with van der Waals surface area (Å²) < 4.78 is 18.7. The van der Waals surface area contributed by atoms with Gasteiger partial charge in [-0.1, -0.05) is 12.1 Å². The van der Waals surface area contributed by atoms with E-state index < -0.39 is 28.3 Å². The first kappa shape index (κ1) is 18.1. The van der Waals surface area contributed by atoms with Gasteiger partial charge >= 0.3 is 5.97 Å². The summed E-state index contributed by atoms with van der Waals surface area (Å²) in [6.45, 7) is 3.10. The number of para-hydroxylation sites is 1. The molecule has 0 aliphatic heterocycles. The minimum Gasteiger partial charge on any atom is -0.462 e. The zero-order valence-electron chi connectivity index (χ0n) is 13.5. The maximum absolute atomic E-state index is 13.9. The van der Waals surface area contributed by atoms with Gasteiger partial charge in [-0.3, -0.25) is 14.9 Å². The number of anilines is 1. The molecule has 8 heteroatoms. The molecule has 0 heterocycles. The summed E-state index contributed by atoms with van der Waals surface area (Å²) in [6.07, 6.45) is 0. The third-order valence-electron chi connectivity index (χ3n) is 3.48. The molecule has 0 fully saturated rings. The van der Waals surface area contributed by atoms with Gasteiger partial charge in [-0.05, 0) is 32.0 Å². The molecule has 0 unspecified atom stereocenters. The number of halogens is 1. The molecule has 130 valence electrons. The first-order valence-electron chi connectivity index (χ1n) is 7.37. The van der Waals surface area contributed by atoms with Crippen molar-refractivity contribution < 1.29 is 23.6 Å². The minimum absolute atomic E-state index is 0.0255. The Bertz CT molecular complexity index is 851. The molecule has 0 aromatic heterocycles. The summed E-state index contributed by atoms with van der Waals surface area (Å²) in [7, 11) is 0. The number of hydrogen-bond acceptors (Lipinski definition) is 5. The van der Waals surface area contributed by atoms with Gasteiger partial charge in [-0.25, -0.2) is 9.18 Å². The molecule has 0 saturated heterocycles. The van der Waals surface area contributed by atoms with Crippen molar-refractivity contribution in [3.8, 4) is 0 Å². The Balaban J connectivity index is 2.46. The van der Waals surface area contributed by atoms with E-state index in [4.69, 9.17) is 4.74 Å². The normalized spacial score (nSPS) is 10.2. The highest BCUT2D eigenvalue weighted by atomic mass is 19.1. The van der Waals surface area contributed by atoms with Crippen LogP contribution in [-0.4, -0.2) is 23.4 Å². The molecule has 0 aliphatic rings. The molecule has 0 spiro atoms. The number of carbonyl (C=O) groups is 2. The molecule has 1 N–H and O–H groups in total. The van der Waals surface area contributed by atoms with E-state index >= 15 is 0 Å². The van der Waals surface area contributed by atoms with Gasteiger partial charge in [0.15, 0.2) is 0 Å². The number of nitrogens with one attached hydrogen (secondary N) is 1. The van der Waals surface area contributed by atoms with Crippen molar-refractivity contribution in [1.29, 1.82) is 0 Å². The Labute approximate surface area is 142 Å². The van der Waals surface area contributed by atoms with Crippen molar-refractivity contribution in [2.24, 2.45) is 0 Å². The molecule has 0 bridgehead atoms. The molecule has 25 heavy (non-hydrogen) atoms. The number of benzene rings is 2. The summed E-state index contributed by atoms with van der Waals surface area (Å²) in [5.74, 6) is -2.19. The van der Waals surface area contributed by atoms with Gasteiger partial charge in [-0.15, -0.1) is 0 Å². The number of rotatable bonds is 5. The highest BCUT2D eigenvalue weighted by molar-refractivity contribution is 6.10. The van der Waals surface area contributed by atoms with Crippen LogP contribution in [-0.2, 0) is 4.74 Å². The molecule has 0 atom stereocenters. The van der Waals surface area contributed by atoms with Crippen LogP contribution in [0.15, 0.2) is 36.4 Å². The van der Waals surface area contributed by atoms with E-state index in [9.17, 15) is 24.1 Å². The van der Waals surface area contributed by atoms with Crippen LogP contribution in [0, 0.1) is 22.9 Å². The lowest BCUT2D eigenvalue weighted by Crippen LogP contribution is -2.18. The number of ether oxygens (including phenoxy) is 1. The fourth-order valence-electron chi connectivity index (χ4n) is 2.23. The highest BCUT2D eigenvalue weighted by Gasteiger charge is 2.23. The fraction of sp³-hybridized carbons (Fsp3) is 0.176. The molecule has 2 aromatic carbocycles. The summed E-state index contributed by atoms with van der Waals surface area (Å²) in [4.78, 5) is 34.8. The van der Waals surface area contributed by atoms with Crippen LogP contribution in [0.25, 0.3) is 0 Å². The SMILES string of the molecule is CCOC(=O)c1ccc(F)c(C)c1NC(=O)c1ccccc1[N+](=O)[O-]. The molecular formula is C17H15FN2O5. The second-order valence-electron chi connectivity index (χ2n) is 5.04. The number of esters is 1. The molecule has 0 radical (unpaired) electrons. The number of carbonyl (C=O) groups excluding carboxylic acids is 2. The van der Waals surface area contributed by atoms with Crippen LogP contribution >= 0.6 is 0 Å². The summed E-state index contributed by atoms with van der Waals surface area (Å²) in [5, 5.41) is 13.4.